The maximum absolute atomic E-state index is 6.22. The summed E-state index contributed by atoms with van der Waals surface area (Å²) in [5, 5.41) is 4.54. The van der Waals surface area contributed by atoms with Crippen LogP contribution in [0.5, 0.6) is 0 Å². The molecular formula is C19H21N3. The number of nitrogen functional groups attached to an aromatic ring is 1. The number of rotatable bonds is 2. The second-order valence-electron chi connectivity index (χ2n) is 5.95. The van der Waals surface area contributed by atoms with Crippen LogP contribution in [0.25, 0.3) is 10.9 Å². The van der Waals surface area contributed by atoms with Gasteiger partial charge in [0.2, 0.25) is 0 Å². The van der Waals surface area contributed by atoms with E-state index in [-0.39, 0.29) is 0 Å². The summed E-state index contributed by atoms with van der Waals surface area (Å²) in [6.07, 6.45) is 0. The highest BCUT2D eigenvalue weighted by Crippen LogP contribution is 2.33. The van der Waals surface area contributed by atoms with Gasteiger partial charge in [0, 0.05) is 22.5 Å². The van der Waals surface area contributed by atoms with Crippen molar-refractivity contribution in [2.45, 2.75) is 27.7 Å². The predicted octanol–water partition coefficient (Wildman–Crippen LogP) is 4.79. The molecular weight excluding hydrogens is 270 g/mol. The van der Waals surface area contributed by atoms with E-state index in [1.54, 1.807) is 0 Å². The maximum atomic E-state index is 6.22. The molecule has 3 nitrogen and oxygen atoms in total. The van der Waals surface area contributed by atoms with Crippen LogP contribution in [-0.2, 0) is 0 Å². The summed E-state index contributed by atoms with van der Waals surface area (Å²) in [6, 6.07) is 12.4. The van der Waals surface area contributed by atoms with E-state index in [1.165, 1.54) is 11.1 Å². The molecule has 1 heterocycles. The molecule has 0 aliphatic carbocycles. The van der Waals surface area contributed by atoms with Crippen molar-refractivity contribution in [2.75, 3.05) is 11.1 Å². The lowest BCUT2D eigenvalue weighted by Gasteiger charge is -2.15. The highest BCUT2D eigenvalue weighted by molar-refractivity contribution is 6.03. The Morgan fingerprint density at radius 1 is 0.864 bits per heavy atom. The molecule has 0 unspecified atom stereocenters. The molecule has 3 rings (SSSR count). The van der Waals surface area contributed by atoms with Gasteiger partial charge in [0.15, 0.2) is 0 Å². The highest BCUT2D eigenvalue weighted by Gasteiger charge is 2.11. The van der Waals surface area contributed by atoms with Crippen LogP contribution >= 0.6 is 0 Å². The minimum Gasteiger partial charge on any atom is -0.398 e. The first kappa shape index (κ1) is 14.4. The zero-order valence-corrected chi connectivity index (χ0v) is 13.5. The Labute approximate surface area is 131 Å². The van der Waals surface area contributed by atoms with E-state index in [0.29, 0.717) is 0 Å². The summed E-state index contributed by atoms with van der Waals surface area (Å²) >= 11 is 0. The molecule has 0 fully saturated rings. The average Bonchev–Trinajstić information content (AvgIpc) is 2.46. The zero-order chi connectivity index (χ0) is 15.9. The SMILES string of the molecule is Cc1ccc(C)c(Nc2cc(C)nc3c(C)ccc(N)c23)c1. The predicted molar refractivity (Wildman–Crippen MR) is 94.8 cm³/mol. The van der Waals surface area contributed by atoms with Gasteiger partial charge >= 0.3 is 0 Å². The van der Waals surface area contributed by atoms with Crippen molar-refractivity contribution < 1.29 is 0 Å². The third-order valence-electron chi connectivity index (χ3n) is 3.99. The fourth-order valence-corrected chi connectivity index (χ4v) is 2.74. The molecule has 112 valence electrons. The summed E-state index contributed by atoms with van der Waals surface area (Å²) in [5.74, 6) is 0. The lowest BCUT2D eigenvalue weighted by molar-refractivity contribution is 1.24. The number of fused-ring (bicyclic) bond motifs is 1. The Morgan fingerprint density at radius 3 is 2.36 bits per heavy atom. The number of nitrogens with zero attached hydrogens (tertiary/aromatic N) is 1. The molecule has 0 saturated carbocycles. The van der Waals surface area contributed by atoms with E-state index in [2.05, 4.69) is 55.3 Å². The van der Waals surface area contributed by atoms with Gasteiger partial charge in [-0.25, -0.2) is 0 Å². The molecule has 3 heteroatoms. The molecule has 0 aliphatic heterocycles. The fraction of sp³-hybridized carbons (Fsp3) is 0.211. The largest absolute Gasteiger partial charge is 0.398 e. The summed E-state index contributed by atoms with van der Waals surface area (Å²) in [5.41, 5.74) is 14.6. The number of hydrogen-bond donors (Lipinski definition) is 2. The lowest BCUT2D eigenvalue weighted by Crippen LogP contribution is -2.00. The van der Waals surface area contributed by atoms with Crippen LogP contribution in [0.4, 0.5) is 17.1 Å². The first-order valence-corrected chi connectivity index (χ1v) is 7.46. The highest BCUT2D eigenvalue weighted by atomic mass is 14.9. The molecule has 2 aromatic carbocycles. The number of hydrogen-bond acceptors (Lipinski definition) is 3. The third-order valence-corrected chi connectivity index (χ3v) is 3.99. The Morgan fingerprint density at radius 2 is 1.59 bits per heavy atom. The van der Waals surface area contributed by atoms with E-state index in [4.69, 9.17) is 5.73 Å². The van der Waals surface area contributed by atoms with Gasteiger partial charge in [-0.2, -0.15) is 0 Å². The number of anilines is 3. The van der Waals surface area contributed by atoms with Crippen LogP contribution in [0, 0.1) is 27.7 Å². The van der Waals surface area contributed by atoms with Crippen LogP contribution in [-0.4, -0.2) is 4.98 Å². The molecule has 22 heavy (non-hydrogen) atoms. The second-order valence-corrected chi connectivity index (χ2v) is 5.95. The average molecular weight is 291 g/mol. The van der Waals surface area contributed by atoms with Crippen LogP contribution in [0.15, 0.2) is 36.4 Å². The Hall–Kier alpha value is -2.55. The molecule has 0 bridgehead atoms. The topological polar surface area (TPSA) is 50.9 Å². The van der Waals surface area contributed by atoms with Gasteiger partial charge in [-0.1, -0.05) is 18.2 Å². The standard InChI is InChI=1S/C19H21N3/c1-11-5-6-12(2)16(9-11)22-17-10-14(4)21-19-13(3)7-8-15(20)18(17)19/h5-10H,20H2,1-4H3,(H,21,22). The number of pyridine rings is 1. The molecule has 1 aromatic heterocycles. The smallest absolute Gasteiger partial charge is 0.0776 e. The van der Waals surface area contributed by atoms with Crippen LogP contribution in [0.1, 0.15) is 22.4 Å². The van der Waals surface area contributed by atoms with Crippen LogP contribution in [0.3, 0.4) is 0 Å². The molecule has 0 atom stereocenters. The van der Waals surface area contributed by atoms with Crippen molar-refractivity contribution in [3.8, 4) is 0 Å². The minimum atomic E-state index is 0.751. The van der Waals surface area contributed by atoms with E-state index in [9.17, 15) is 0 Å². The van der Waals surface area contributed by atoms with Gasteiger partial charge in [-0.15, -0.1) is 0 Å². The van der Waals surface area contributed by atoms with Crippen molar-refractivity contribution in [3.63, 3.8) is 0 Å². The van der Waals surface area contributed by atoms with E-state index >= 15 is 0 Å². The summed E-state index contributed by atoms with van der Waals surface area (Å²) in [7, 11) is 0. The van der Waals surface area contributed by atoms with Crippen molar-refractivity contribution in [1.29, 1.82) is 0 Å². The lowest BCUT2D eigenvalue weighted by atomic mass is 10.1. The van der Waals surface area contributed by atoms with Gasteiger partial charge in [-0.05, 0) is 62.6 Å². The van der Waals surface area contributed by atoms with Crippen molar-refractivity contribution in [3.05, 3.63) is 58.8 Å². The van der Waals surface area contributed by atoms with E-state index in [0.717, 1.165) is 39.2 Å². The number of nitrogens with two attached hydrogens (primary N) is 1. The van der Waals surface area contributed by atoms with Gasteiger partial charge in [0.25, 0.3) is 0 Å². The van der Waals surface area contributed by atoms with Crippen LogP contribution in [0.2, 0.25) is 0 Å². The second kappa shape index (κ2) is 5.34. The number of aryl methyl sites for hydroxylation is 4. The molecule has 3 aromatic rings. The summed E-state index contributed by atoms with van der Waals surface area (Å²) in [6.45, 7) is 8.28. The van der Waals surface area contributed by atoms with Crippen molar-refractivity contribution in [1.82, 2.24) is 4.98 Å². The Balaban J connectivity index is 2.22. The van der Waals surface area contributed by atoms with Gasteiger partial charge in [-0.3, -0.25) is 4.98 Å². The van der Waals surface area contributed by atoms with Crippen molar-refractivity contribution >= 4 is 28.0 Å². The minimum absolute atomic E-state index is 0.751. The maximum Gasteiger partial charge on any atom is 0.0776 e. The molecule has 0 radical (unpaired) electrons. The number of nitrogens with one attached hydrogen (secondary N) is 1. The quantitative estimate of drug-likeness (QED) is 0.667. The number of aromatic nitrogens is 1. The normalized spacial score (nSPS) is 10.9. The molecule has 0 spiro atoms. The molecule has 0 aliphatic rings. The van der Waals surface area contributed by atoms with Crippen LogP contribution < -0.4 is 11.1 Å². The van der Waals surface area contributed by atoms with Crippen molar-refractivity contribution in [2.24, 2.45) is 0 Å². The summed E-state index contributed by atoms with van der Waals surface area (Å²) < 4.78 is 0. The van der Waals surface area contributed by atoms with Gasteiger partial charge in [0.05, 0.1) is 11.2 Å². The number of benzene rings is 2. The van der Waals surface area contributed by atoms with E-state index < -0.39 is 0 Å². The van der Waals surface area contributed by atoms with E-state index in [1.807, 2.05) is 19.1 Å². The summed E-state index contributed by atoms with van der Waals surface area (Å²) in [4.78, 5) is 4.66. The fourth-order valence-electron chi connectivity index (χ4n) is 2.74. The third kappa shape index (κ3) is 2.50. The Kier molecular flexibility index (Phi) is 3.49. The monoisotopic (exact) mass is 291 g/mol. The Bertz CT molecular complexity index is 866. The van der Waals surface area contributed by atoms with Gasteiger partial charge in [0.1, 0.15) is 0 Å². The molecule has 0 amide bonds. The molecule has 0 saturated heterocycles. The first-order valence-electron chi connectivity index (χ1n) is 7.46. The van der Waals surface area contributed by atoms with Gasteiger partial charge < -0.3 is 11.1 Å². The molecule has 3 N–H and O–H groups in total. The zero-order valence-electron chi connectivity index (χ0n) is 13.5. The first-order chi connectivity index (χ1) is 10.5.